The van der Waals surface area contributed by atoms with Gasteiger partial charge in [-0.1, -0.05) is 0 Å². The molecule has 8 heteroatoms. The number of carbonyl (C=O) groups excluding carboxylic acids is 2. The molecule has 1 rings (SSSR count). The van der Waals surface area contributed by atoms with Crippen molar-refractivity contribution in [2.24, 2.45) is 0 Å². The van der Waals surface area contributed by atoms with Crippen molar-refractivity contribution in [1.29, 1.82) is 0 Å². The van der Waals surface area contributed by atoms with Gasteiger partial charge in [-0.25, -0.2) is 0 Å². The molecular formula is C9H7F3N2O3. The van der Waals surface area contributed by atoms with Crippen LogP contribution in [0.1, 0.15) is 22.8 Å². The molecule has 0 saturated carbocycles. The highest BCUT2D eigenvalue weighted by Gasteiger charge is 2.35. The average molecular weight is 248 g/mol. The van der Waals surface area contributed by atoms with E-state index in [9.17, 15) is 22.8 Å². The molecule has 0 aliphatic rings. The first-order chi connectivity index (χ1) is 7.82. The van der Waals surface area contributed by atoms with Crippen molar-refractivity contribution in [1.82, 2.24) is 10.5 Å². The summed E-state index contributed by atoms with van der Waals surface area (Å²) in [5, 5.41) is 0. The Hall–Kier alpha value is -2.12. The van der Waals surface area contributed by atoms with Gasteiger partial charge in [0.25, 0.3) is 5.91 Å². The molecule has 0 bridgehead atoms. The Morgan fingerprint density at radius 1 is 1.41 bits per heavy atom. The Kier molecular flexibility index (Phi) is 3.66. The van der Waals surface area contributed by atoms with E-state index in [1.54, 1.807) is 5.48 Å². The number of nitrogens with one attached hydrogen (secondary N) is 1. The molecule has 0 fully saturated rings. The summed E-state index contributed by atoms with van der Waals surface area (Å²) >= 11 is 0. The van der Waals surface area contributed by atoms with Crippen LogP contribution in [0.15, 0.2) is 18.5 Å². The molecule has 0 aliphatic heterocycles. The Bertz CT molecular complexity index is 445. The minimum absolute atomic E-state index is 0.655. The number of pyridine rings is 1. The van der Waals surface area contributed by atoms with Crippen molar-refractivity contribution >= 4 is 11.9 Å². The summed E-state index contributed by atoms with van der Waals surface area (Å²) in [6.07, 6.45) is -3.04. The second-order valence-corrected chi connectivity index (χ2v) is 2.94. The predicted octanol–water partition coefficient (Wildman–Crippen LogP) is 1.31. The summed E-state index contributed by atoms with van der Waals surface area (Å²) < 4.78 is 37.5. The lowest BCUT2D eigenvalue weighted by molar-refractivity contribution is -0.146. The molecule has 0 saturated heterocycles. The van der Waals surface area contributed by atoms with Crippen LogP contribution in [-0.2, 0) is 15.8 Å². The molecule has 1 aromatic rings. The lowest BCUT2D eigenvalue weighted by atomic mass is 10.1. The molecule has 1 heterocycles. The first kappa shape index (κ1) is 12.9. The number of amides is 1. The van der Waals surface area contributed by atoms with Crippen LogP contribution >= 0.6 is 0 Å². The Balaban J connectivity index is 2.98. The van der Waals surface area contributed by atoms with Crippen molar-refractivity contribution in [3.8, 4) is 0 Å². The van der Waals surface area contributed by atoms with Gasteiger partial charge in [0.15, 0.2) is 0 Å². The van der Waals surface area contributed by atoms with Gasteiger partial charge in [-0.05, 0) is 6.07 Å². The van der Waals surface area contributed by atoms with Crippen molar-refractivity contribution < 1.29 is 27.6 Å². The Morgan fingerprint density at radius 3 is 2.59 bits per heavy atom. The zero-order valence-corrected chi connectivity index (χ0v) is 8.54. The fraction of sp³-hybridized carbons (Fsp3) is 0.222. The first-order valence-corrected chi connectivity index (χ1v) is 4.31. The minimum Gasteiger partial charge on any atom is -0.341 e. The van der Waals surface area contributed by atoms with E-state index < -0.39 is 29.2 Å². The van der Waals surface area contributed by atoms with E-state index in [1.165, 1.54) is 0 Å². The van der Waals surface area contributed by atoms with Gasteiger partial charge < -0.3 is 4.84 Å². The highest BCUT2D eigenvalue weighted by molar-refractivity contribution is 5.95. The highest BCUT2D eigenvalue weighted by atomic mass is 19.4. The fourth-order valence-corrected chi connectivity index (χ4v) is 0.996. The van der Waals surface area contributed by atoms with Crippen molar-refractivity contribution in [2.75, 3.05) is 0 Å². The summed E-state index contributed by atoms with van der Waals surface area (Å²) in [4.78, 5) is 29.2. The van der Waals surface area contributed by atoms with E-state index in [1.807, 2.05) is 0 Å². The molecule has 5 nitrogen and oxygen atoms in total. The van der Waals surface area contributed by atoms with Gasteiger partial charge in [0, 0.05) is 19.3 Å². The fourth-order valence-electron chi connectivity index (χ4n) is 0.996. The summed E-state index contributed by atoms with van der Waals surface area (Å²) in [5.74, 6) is -2.04. The molecule has 0 spiro atoms. The third-order valence-corrected chi connectivity index (χ3v) is 1.66. The molecule has 92 valence electrons. The molecule has 0 atom stereocenters. The second kappa shape index (κ2) is 4.81. The van der Waals surface area contributed by atoms with Gasteiger partial charge in [0.05, 0.1) is 11.1 Å². The monoisotopic (exact) mass is 248 g/mol. The van der Waals surface area contributed by atoms with E-state index in [0.717, 1.165) is 19.3 Å². The number of aromatic nitrogens is 1. The average Bonchev–Trinajstić information content (AvgIpc) is 2.24. The third-order valence-electron chi connectivity index (χ3n) is 1.66. The Labute approximate surface area is 93.5 Å². The van der Waals surface area contributed by atoms with Crippen LogP contribution < -0.4 is 5.48 Å². The van der Waals surface area contributed by atoms with Crippen molar-refractivity contribution in [3.63, 3.8) is 0 Å². The van der Waals surface area contributed by atoms with Gasteiger partial charge in [0.2, 0.25) is 0 Å². The zero-order chi connectivity index (χ0) is 13.1. The van der Waals surface area contributed by atoms with Crippen LogP contribution in [0.25, 0.3) is 0 Å². The quantitative estimate of drug-likeness (QED) is 0.761. The van der Waals surface area contributed by atoms with E-state index in [4.69, 9.17) is 0 Å². The molecule has 17 heavy (non-hydrogen) atoms. The number of nitrogens with zero attached hydrogens (tertiary/aromatic N) is 1. The van der Waals surface area contributed by atoms with Crippen LogP contribution in [0, 0.1) is 0 Å². The van der Waals surface area contributed by atoms with Gasteiger partial charge >= 0.3 is 12.1 Å². The summed E-state index contributed by atoms with van der Waals surface area (Å²) in [6, 6.07) is 0.655. The van der Waals surface area contributed by atoms with E-state index >= 15 is 0 Å². The topological polar surface area (TPSA) is 68.3 Å². The zero-order valence-electron chi connectivity index (χ0n) is 8.54. The molecule has 0 aromatic carbocycles. The van der Waals surface area contributed by atoms with Crippen LogP contribution in [0.4, 0.5) is 13.2 Å². The number of hydroxylamine groups is 1. The van der Waals surface area contributed by atoms with Gasteiger partial charge in [-0.15, -0.1) is 0 Å². The number of hydrogen-bond acceptors (Lipinski definition) is 4. The summed E-state index contributed by atoms with van der Waals surface area (Å²) in [6.45, 7) is 0.994. The van der Waals surface area contributed by atoms with Gasteiger partial charge in [0.1, 0.15) is 0 Å². The van der Waals surface area contributed by atoms with Crippen molar-refractivity contribution in [2.45, 2.75) is 13.1 Å². The van der Waals surface area contributed by atoms with E-state index in [0.29, 0.717) is 6.07 Å². The number of rotatable bonds is 1. The molecule has 1 aromatic heterocycles. The molecule has 0 radical (unpaired) electrons. The van der Waals surface area contributed by atoms with Crippen LogP contribution in [0.2, 0.25) is 0 Å². The minimum atomic E-state index is -4.69. The number of alkyl halides is 3. The van der Waals surface area contributed by atoms with E-state index in [2.05, 4.69) is 9.82 Å². The normalized spacial score (nSPS) is 10.8. The lowest BCUT2D eigenvalue weighted by Gasteiger charge is -2.11. The third kappa shape index (κ3) is 3.44. The van der Waals surface area contributed by atoms with Crippen LogP contribution in [0.5, 0.6) is 0 Å². The molecular weight excluding hydrogens is 241 g/mol. The molecule has 0 aliphatic carbocycles. The first-order valence-electron chi connectivity index (χ1n) is 4.31. The lowest BCUT2D eigenvalue weighted by Crippen LogP contribution is -2.28. The smallest absolute Gasteiger partial charge is 0.341 e. The Morgan fingerprint density at radius 2 is 2.06 bits per heavy atom. The maximum absolute atomic E-state index is 12.5. The molecule has 1 amide bonds. The maximum atomic E-state index is 12.5. The van der Waals surface area contributed by atoms with Gasteiger partial charge in [-0.3, -0.25) is 14.6 Å². The highest BCUT2D eigenvalue weighted by Crippen LogP contribution is 2.31. The SMILES string of the molecule is CC(=O)ONC(=O)c1cnccc1C(F)(F)F. The van der Waals surface area contributed by atoms with E-state index in [-0.39, 0.29) is 0 Å². The molecule has 1 N–H and O–H groups in total. The van der Waals surface area contributed by atoms with Crippen LogP contribution in [0.3, 0.4) is 0 Å². The predicted molar refractivity (Wildman–Crippen MR) is 48.5 cm³/mol. The number of halogens is 3. The molecule has 0 unspecified atom stereocenters. The second-order valence-electron chi connectivity index (χ2n) is 2.94. The summed E-state index contributed by atoms with van der Waals surface area (Å²) in [7, 11) is 0. The number of hydrogen-bond donors (Lipinski definition) is 1. The van der Waals surface area contributed by atoms with Crippen molar-refractivity contribution in [3.05, 3.63) is 29.6 Å². The largest absolute Gasteiger partial charge is 0.417 e. The van der Waals surface area contributed by atoms with Crippen LogP contribution in [-0.4, -0.2) is 16.9 Å². The number of carbonyl (C=O) groups is 2. The summed E-state index contributed by atoms with van der Waals surface area (Å²) in [5.41, 5.74) is -0.294. The standard InChI is InChI=1S/C9H7F3N2O3/c1-5(15)17-14-8(16)6-4-13-3-2-7(6)9(10,11)12/h2-4H,1H3,(H,14,16). The van der Waals surface area contributed by atoms with Gasteiger partial charge in [-0.2, -0.15) is 18.7 Å². The maximum Gasteiger partial charge on any atom is 0.417 e.